The van der Waals surface area contributed by atoms with Gasteiger partial charge in [-0.2, -0.15) is 4.52 Å². The molecule has 2 heterocycles. The van der Waals surface area contributed by atoms with E-state index in [1.807, 2.05) is 13.0 Å². The molecule has 0 saturated heterocycles. The van der Waals surface area contributed by atoms with Crippen LogP contribution in [0.15, 0.2) is 6.07 Å². The average molecular weight is 235 g/mol. The Bertz CT molecular complexity index is 518. The van der Waals surface area contributed by atoms with Crippen LogP contribution in [0, 0.1) is 6.92 Å². The van der Waals surface area contributed by atoms with Gasteiger partial charge in [-0.05, 0) is 19.8 Å². The molecule has 0 amide bonds. The van der Waals surface area contributed by atoms with Crippen molar-refractivity contribution in [1.82, 2.24) is 19.8 Å². The molecule has 0 bridgehead atoms. The fourth-order valence-corrected chi connectivity index (χ4v) is 1.70. The Balaban J connectivity index is 2.38. The van der Waals surface area contributed by atoms with Crippen molar-refractivity contribution in [2.24, 2.45) is 0 Å². The minimum absolute atomic E-state index is 0.178. The predicted octanol–water partition coefficient (Wildman–Crippen LogP) is 1.58. The van der Waals surface area contributed by atoms with E-state index in [4.69, 9.17) is 10.5 Å². The SMILES string of the molecule is CCC(CC)Oc1cc(C)c2nnc(N)n2n1. The lowest BCUT2D eigenvalue weighted by Gasteiger charge is -2.14. The quantitative estimate of drug-likeness (QED) is 0.870. The van der Waals surface area contributed by atoms with Crippen molar-refractivity contribution in [3.8, 4) is 5.88 Å². The van der Waals surface area contributed by atoms with Crippen molar-refractivity contribution in [2.45, 2.75) is 39.7 Å². The third kappa shape index (κ3) is 2.15. The maximum atomic E-state index is 5.78. The Morgan fingerprint density at radius 3 is 2.71 bits per heavy atom. The molecule has 92 valence electrons. The number of fused-ring (bicyclic) bond motifs is 1. The van der Waals surface area contributed by atoms with Crippen LogP contribution in [0.2, 0.25) is 0 Å². The number of nitrogens with two attached hydrogens (primary N) is 1. The molecular weight excluding hydrogens is 218 g/mol. The number of hydrogen-bond acceptors (Lipinski definition) is 5. The highest BCUT2D eigenvalue weighted by atomic mass is 16.5. The molecule has 2 aromatic heterocycles. The number of aromatic nitrogens is 4. The summed E-state index contributed by atoms with van der Waals surface area (Å²) in [6.45, 7) is 6.12. The molecule has 2 aromatic rings. The second kappa shape index (κ2) is 4.57. The molecule has 0 atom stereocenters. The first kappa shape index (κ1) is 11.6. The summed E-state index contributed by atoms with van der Waals surface area (Å²) in [4.78, 5) is 0. The van der Waals surface area contributed by atoms with Gasteiger partial charge in [0.25, 0.3) is 0 Å². The lowest BCUT2D eigenvalue weighted by atomic mass is 10.2. The fourth-order valence-electron chi connectivity index (χ4n) is 1.70. The molecule has 0 saturated carbocycles. The number of nitrogen functional groups attached to an aromatic ring is 1. The van der Waals surface area contributed by atoms with E-state index >= 15 is 0 Å². The van der Waals surface area contributed by atoms with Crippen LogP contribution in [-0.2, 0) is 0 Å². The summed E-state index contributed by atoms with van der Waals surface area (Å²) in [5, 5.41) is 12.0. The zero-order valence-electron chi connectivity index (χ0n) is 10.3. The second-order valence-electron chi connectivity index (χ2n) is 4.02. The van der Waals surface area contributed by atoms with E-state index in [2.05, 4.69) is 29.1 Å². The van der Waals surface area contributed by atoms with Crippen molar-refractivity contribution in [2.75, 3.05) is 5.73 Å². The largest absolute Gasteiger partial charge is 0.473 e. The number of hydrogen-bond donors (Lipinski definition) is 1. The Morgan fingerprint density at radius 2 is 2.06 bits per heavy atom. The standard InChI is InChI=1S/C11H17N5O/c1-4-8(5-2)17-9-6-7(3)10-13-14-11(12)16(10)15-9/h6,8H,4-5H2,1-3H3,(H2,12,14). The molecule has 2 rings (SSSR count). The molecular formula is C11H17N5O. The predicted molar refractivity (Wildman–Crippen MR) is 64.9 cm³/mol. The summed E-state index contributed by atoms with van der Waals surface area (Å²) in [7, 11) is 0. The summed E-state index contributed by atoms with van der Waals surface area (Å²) in [5.74, 6) is 0.841. The van der Waals surface area contributed by atoms with Crippen molar-refractivity contribution in [3.05, 3.63) is 11.6 Å². The Labute approximate surface area is 99.8 Å². The van der Waals surface area contributed by atoms with E-state index in [-0.39, 0.29) is 12.1 Å². The molecule has 6 nitrogen and oxygen atoms in total. The summed E-state index contributed by atoms with van der Waals surface area (Å²) < 4.78 is 7.29. The Kier molecular flexibility index (Phi) is 3.12. The van der Waals surface area contributed by atoms with E-state index in [1.165, 1.54) is 4.52 Å². The fraction of sp³-hybridized carbons (Fsp3) is 0.545. The van der Waals surface area contributed by atoms with Gasteiger partial charge in [0.15, 0.2) is 5.65 Å². The lowest BCUT2D eigenvalue weighted by Crippen LogP contribution is -2.15. The molecule has 0 aliphatic heterocycles. The smallest absolute Gasteiger partial charge is 0.243 e. The molecule has 17 heavy (non-hydrogen) atoms. The molecule has 2 N–H and O–H groups in total. The van der Waals surface area contributed by atoms with Crippen molar-refractivity contribution in [3.63, 3.8) is 0 Å². The first-order valence-corrected chi connectivity index (χ1v) is 5.80. The average Bonchev–Trinajstić information content (AvgIpc) is 2.69. The van der Waals surface area contributed by atoms with Gasteiger partial charge in [0.2, 0.25) is 11.8 Å². The van der Waals surface area contributed by atoms with Crippen LogP contribution in [0.3, 0.4) is 0 Å². The lowest BCUT2D eigenvalue weighted by molar-refractivity contribution is 0.182. The molecule has 0 spiro atoms. The van der Waals surface area contributed by atoms with E-state index in [9.17, 15) is 0 Å². The number of rotatable bonds is 4. The molecule has 0 aromatic carbocycles. The highest BCUT2D eigenvalue weighted by Crippen LogP contribution is 2.17. The maximum absolute atomic E-state index is 5.78. The first-order valence-electron chi connectivity index (χ1n) is 5.80. The van der Waals surface area contributed by atoms with Crippen molar-refractivity contribution in [1.29, 1.82) is 0 Å². The van der Waals surface area contributed by atoms with Gasteiger partial charge in [-0.15, -0.1) is 15.3 Å². The van der Waals surface area contributed by atoms with Crippen LogP contribution >= 0.6 is 0 Å². The van der Waals surface area contributed by atoms with Gasteiger partial charge < -0.3 is 10.5 Å². The molecule has 0 unspecified atom stereocenters. The third-order valence-corrected chi connectivity index (χ3v) is 2.75. The zero-order valence-corrected chi connectivity index (χ0v) is 10.3. The monoisotopic (exact) mass is 235 g/mol. The van der Waals surface area contributed by atoms with Gasteiger partial charge in [-0.3, -0.25) is 0 Å². The van der Waals surface area contributed by atoms with E-state index in [0.29, 0.717) is 11.5 Å². The number of nitrogens with zero attached hydrogens (tertiary/aromatic N) is 4. The molecule has 0 radical (unpaired) electrons. The molecule has 0 fully saturated rings. The van der Waals surface area contributed by atoms with Gasteiger partial charge in [-0.25, -0.2) is 0 Å². The minimum atomic E-state index is 0.178. The molecule has 6 heteroatoms. The Hall–Kier alpha value is -1.85. The van der Waals surface area contributed by atoms with Gasteiger partial charge in [0, 0.05) is 11.6 Å². The topological polar surface area (TPSA) is 78.3 Å². The van der Waals surface area contributed by atoms with E-state index in [1.54, 1.807) is 0 Å². The van der Waals surface area contributed by atoms with Crippen LogP contribution < -0.4 is 10.5 Å². The van der Waals surface area contributed by atoms with E-state index in [0.717, 1.165) is 18.4 Å². The normalized spacial score (nSPS) is 11.3. The number of anilines is 1. The minimum Gasteiger partial charge on any atom is -0.473 e. The van der Waals surface area contributed by atoms with Crippen molar-refractivity contribution >= 4 is 11.6 Å². The number of aryl methyl sites for hydroxylation is 1. The highest BCUT2D eigenvalue weighted by molar-refractivity contribution is 5.49. The second-order valence-corrected chi connectivity index (χ2v) is 4.02. The van der Waals surface area contributed by atoms with Crippen LogP contribution in [0.25, 0.3) is 5.65 Å². The van der Waals surface area contributed by atoms with Gasteiger partial charge in [-0.1, -0.05) is 13.8 Å². The first-order chi connectivity index (χ1) is 8.15. The number of ether oxygens (including phenoxy) is 1. The summed E-state index contributed by atoms with van der Waals surface area (Å²) in [5.41, 5.74) is 7.30. The van der Waals surface area contributed by atoms with Gasteiger partial charge >= 0.3 is 0 Å². The zero-order chi connectivity index (χ0) is 12.4. The van der Waals surface area contributed by atoms with Crippen LogP contribution in [0.5, 0.6) is 5.88 Å². The Morgan fingerprint density at radius 1 is 1.35 bits per heavy atom. The van der Waals surface area contributed by atoms with Gasteiger partial charge in [0.05, 0.1) is 6.10 Å². The molecule has 0 aliphatic rings. The molecule has 0 aliphatic carbocycles. The summed E-state index contributed by atoms with van der Waals surface area (Å²) >= 11 is 0. The summed E-state index contributed by atoms with van der Waals surface area (Å²) in [6, 6.07) is 1.86. The highest BCUT2D eigenvalue weighted by Gasteiger charge is 2.11. The van der Waals surface area contributed by atoms with Crippen molar-refractivity contribution < 1.29 is 4.74 Å². The van der Waals surface area contributed by atoms with Crippen LogP contribution in [0.4, 0.5) is 5.95 Å². The van der Waals surface area contributed by atoms with E-state index < -0.39 is 0 Å². The van der Waals surface area contributed by atoms with Crippen LogP contribution in [0.1, 0.15) is 32.3 Å². The third-order valence-electron chi connectivity index (χ3n) is 2.75. The van der Waals surface area contributed by atoms with Crippen LogP contribution in [-0.4, -0.2) is 25.9 Å². The maximum Gasteiger partial charge on any atom is 0.243 e. The summed E-state index contributed by atoms with van der Waals surface area (Å²) in [6.07, 6.45) is 2.08. The van der Waals surface area contributed by atoms with Gasteiger partial charge in [0.1, 0.15) is 0 Å².